The molecule has 1 heterocycles. The minimum atomic E-state index is 0.734. The van der Waals surface area contributed by atoms with Crippen LogP contribution in [0.4, 0.5) is 0 Å². The van der Waals surface area contributed by atoms with E-state index in [1.165, 1.54) is 13.0 Å². The summed E-state index contributed by atoms with van der Waals surface area (Å²) in [6, 6.07) is 0.734. The van der Waals surface area contributed by atoms with Crippen LogP contribution in [-0.2, 0) is 0 Å². The van der Waals surface area contributed by atoms with Crippen LogP contribution in [0, 0.1) is 5.92 Å². The second kappa shape index (κ2) is 4.13. The molecule has 1 nitrogen and oxygen atoms in total. The summed E-state index contributed by atoms with van der Waals surface area (Å²) in [5.41, 5.74) is 1.61. The molecule has 1 aliphatic rings. The first-order valence-corrected chi connectivity index (χ1v) is 4.67. The van der Waals surface area contributed by atoms with Crippen LogP contribution in [0.2, 0.25) is 0 Å². The normalized spacial score (nSPS) is 33.7. The Balaban J connectivity index is 2.34. The van der Waals surface area contributed by atoms with Crippen LogP contribution < -0.4 is 0 Å². The van der Waals surface area contributed by atoms with E-state index in [9.17, 15) is 0 Å². The molecule has 0 amide bonds. The molecule has 0 aromatic rings. The van der Waals surface area contributed by atoms with E-state index in [2.05, 4.69) is 18.7 Å². The van der Waals surface area contributed by atoms with Gasteiger partial charge in [-0.2, -0.15) is 0 Å². The van der Waals surface area contributed by atoms with Crippen molar-refractivity contribution in [2.75, 3.05) is 13.1 Å². The quantitative estimate of drug-likeness (QED) is 0.620. The predicted molar refractivity (Wildman–Crippen MR) is 49.8 cm³/mol. The van der Waals surface area contributed by atoms with E-state index in [1.807, 2.05) is 6.08 Å². The fraction of sp³-hybridized carbons (Fsp3) is 0.778. The monoisotopic (exact) mass is 173 g/mol. The third-order valence-corrected chi connectivity index (χ3v) is 2.52. The molecular formula is C9H16ClN. The maximum absolute atomic E-state index is 5.46. The molecule has 1 fully saturated rings. The lowest BCUT2D eigenvalue weighted by Gasteiger charge is -2.18. The molecule has 2 heteroatoms. The van der Waals surface area contributed by atoms with Crippen LogP contribution in [0.5, 0.6) is 0 Å². The third kappa shape index (κ3) is 2.49. The summed E-state index contributed by atoms with van der Waals surface area (Å²) in [6.07, 6.45) is 3.34. The van der Waals surface area contributed by atoms with Crippen molar-refractivity contribution in [3.8, 4) is 0 Å². The molecule has 0 aromatic carbocycles. The number of rotatable bonds is 2. The van der Waals surface area contributed by atoms with Gasteiger partial charge in [-0.3, -0.25) is 4.90 Å². The van der Waals surface area contributed by atoms with Crippen LogP contribution in [0.3, 0.4) is 0 Å². The maximum atomic E-state index is 5.46. The van der Waals surface area contributed by atoms with Crippen molar-refractivity contribution in [1.29, 1.82) is 0 Å². The summed E-state index contributed by atoms with van der Waals surface area (Å²) >= 11 is 5.46. The highest BCUT2D eigenvalue weighted by atomic mass is 35.5. The molecule has 0 radical (unpaired) electrons. The molecular weight excluding hydrogens is 158 g/mol. The number of halogens is 1. The predicted octanol–water partition coefficient (Wildman–Crippen LogP) is 2.47. The fourth-order valence-corrected chi connectivity index (χ4v) is 1.90. The van der Waals surface area contributed by atoms with Gasteiger partial charge < -0.3 is 0 Å². The number of nitrogens with zero attached hydrogens (tertiary/aromatic N) is 1. The second-order valence-corrected chi connectivity index (χ2v) is 3.76. The van der Waals surface area contributed by atoms with Gasteiger partial charge in [0.05, 0.1) is 0 Å². The zero-order valence-electron chi connectivity index (χ0n) is 7.26. The molecule has 1 saturated heterocycles. The standard InChI is InChI=1S/C9H16ClN/c1-8-6-9(2)11(7-8)5-3-4-10/h3-4,8-9H,5-7H2,1-2H3/b4-3+. The van der Waals surface area contributed by atoms with Crippen molar-refractivity contribution in [2.24, 2.45) is 5.92 Å². The Kier molecular flexibility index (Phi) is 3.41. The Bertz CT molecular complexity index is 144. The topological polar surface area (TPSA) is 3.24 Å². The van der Waals surface area contributed by atoms with Gasteiger partial charge in [-0.05, 0) is 19.3 Å². The molecule has 0 spiro atoms. The molecule has 11 heavy (non-hydrogen) atoms. The van der Waals surface area contributed by atoms with Gasteiger partial charge in [-0.1, -0.05) is 24.6 Å². The Morgan fingerprint density at radius 2 is 2.27 bits per heavy atom. The van der Waals surface area contributed by atoms with Gasteiger partial charge in [0, 0.05) is 24.7 Å². The van der Waals surface area contributed by atoms with E-state index in [0.717, 1.165) is 18.5 Å². The number of hydrogen-bond donors (Lipinski definition) is 0. The lowest BCUT2D eigenvalue weighted by molar-refractivity contribution is 0.294. The van der Waals surface area contributed by atoms with Crippen molar-refractivity contribution in [3.63, 3.8) is 0 Å². The van der Waals surface area contributed by atoms with Gasteiger partial charge in [-0.15, -0.1) is 0 Å². The average molecular weight is 174 g/mol. The minimum Gasteiger partial charge on any atom is -0.297 e. The van der Waals surface area contributed by atoms with Crippen molar-refractivity contribution in [1.82, 2.24) is 4.90 Å². The van der Waals surface area contributed by atoms with E-state index in [0.29, 0.717) is 0 Å². The van der Waals surface area contributed by atoms with Gasteiger partial charge in [0.25, 0.3) is 0 Å². The van der Waals surface area contributed by atoms with Crippen molar-refractivity contribution >= 4 is 11.6 Å². The van der Waals surface area contributed by atoms with Gasteiger partial charge in [0.2, 0.25) is 0 Å². The summed E-state index contributed by atoms with van der Waals surface area (Å²) in [6.45, 7) is 6.82. The first kappa shape index (κ1) is 9.08. The maximum Gasteiger partial charge on any atom is 0.0177 e. The summed E-state index contributed by atoms with van der Waals surface area (Å²) in [5.74, 6) is 0.855. The SMILES string of the molecule is CC1CC(C)N(C/C=C/Cl)C1. The van der Waals surface area contributed by atoms with E-state index in [1.54, 1.807) is 5.54 Å². The smallest absolute Gasteiger partial charge is 0.0177 e. The molecule has 2 atom stereocenters. The summed E-state index contributed by atoms with van der Waals surface area (Å²) in [7, 11) is 0. The highest BCUT2D eigenvalue weighted by molar-refractivity contribution is 6.25. The molecule has 2 unspecified atom stereocenters. The van der Waals surface area contributed by atoms with Crippen LogP contribution in [0.25, 0.3) is 0 Å². The summed E-state index contributed by atoms with van der Waals surface area (Å²) < 4.78 is 0. The Hall–Kier alpha value is -0.0100. The van der Waals surface area contributed by atoms with E-state index in [-0.39, 0.29) is 0 Å². The van der Waals surface area contributed by atoms with Gasteiger partial charge in [0.15, 0.2) is 0 Å². The molecule has 1 aliphatic heterocycles. The first-order chi connectivity index (χ1) is 5.24. The Morgan fingerprint density at radius 1 is 1.55 bits per heavy atom. The van der Waals surface area contributed by atoms with Crippen molar-refractivity contribution in [3.05, 3.63) is 11.6 Å². The first-order valence-electron chi connectivity index (χ1n) is 4.23. The minimum absolute atomic E-state index is 0.734. The van der Waals surface area contributed by atoms with E-state index in [4.69, 9.17) is 11.6 Å². The number of likely N-dealkylation sites (tertiary alicyclic amines) is 1. The second-order valence-electron chi connectivity index (χ2n) is 3.51. The molecule has 0 aliphatic carbocycles. The van der Waals surface area contributed by atoms with E-state index < -0.39 is 0 Å². The van der Waals surface area contributed by atoms with Crippen LogP contribution in [0.1, 0.15) is 20.3 Å². The zero-order chi connectivity index (χ0) is 8.27. The molecule has 0 bridgehead atoms. The molecule has 0 aromatic heterocycles. The molecule has 0 saturated carbocycles. The largest absolute Gasteiger partial charge is 0.297 e. The van der Waals surface area contributed by atoms with Gasteiger partial charge >= 0.3 is 0 Å². The highest BCUT2D eigenvalue weighted by Gasteiger charge is 2.24. The average Bonchev–Trinajstić information content (AvgIpc) is 2.26. The molecule has 64 valence electrons. The lowest BCUT2D eigenvalue weighted by atomic mass is 10.1. The Morgan fingerprint density at radius 3 is 2.73 bits per heavy atom. The van der Waals surface area contributed by atoms with Crippen LogP contribution in [0.15, 0.2) is 11.6 Å². The van der Waals surface area contributed by atoms with Gasteiger partial charge in [-0.25, -0.2) is 0 Å². The van der Waals surface area contributed by atoms with Gasteiger partial charge in [0.1, 0.15) is 0 Å². The third-order valence-electron chi connectivity index (χ3n) is 2.34. The fourth-order valence-electron chi connectivity index (χ4n) is 1.82. The lowest BCUT2D eigenvalue weighted by Crippen LogP contribution is -2.27. The van der Waals surface area contributed by atoms with Crippen LogP contribution >= 0.6 is 11.6 Å². The Labute approximate surface area is 74.0 Å². The molecule has 0 N–H and O–H groups in total. The van der Waals surface area contributed by atoms with E-state index >= 15 is 0 Å². The number of hydrogen-bond acceptors (Lipinski definition) is 1. The van der Waals surface area contributed by atoms with Crippen LogP contribution in [-0.4, -0.2) is 24.0 Å². The summed E-state index contributed by atoms with van der Waals surface area (Å²) in [5, 5.41) is 0. The van der Waals surface area contributed by atoms with Crippen molar-refractivity contribution in [2.45, 2.75) is 26.3 Å². The summed E-state index contributed by atoms with van der Waals surface area (Å²) in [4.78, 5) is 2.46. The molecule has 1 rings (SSSR count). The van der Waals surface area contributed by atoms with Crippen molar-refractivity contribution < 1.29 is 0 Å². The highest BCUT2D eigenvalue weighted by Crippen LogP contribution is 2.21. The zero-order valence-corrected chi connectivity index (χ0v) is 8.01.